The summed E-state index contributed by atoms with van der Waals surface area (Å²) in [6.45, 7) is 6.28. The molecule has 0 fully saturated rings. The van der Waals surface area contributed by atoms with Crippen molar-refractivity contribution in [2.24, 2.45) is 0 Å². The maximum absolute atomic E-state index is 5.40. The molecule has 0 saturated heterocycles. The van der Waals surface area contributed by atoms with Gasteiger partial charge in [-0.05, 0) is 25.5 Å². The molecule has 2 aromatic heterocycles. The minimum absolute atomic E-state index is 0.371. The molecule has 0 aliphatic heterocycles. The quantitative estimate of drug-likeness (QED) is 0.689. The number of fused-ring (bicyclic) bond motifs is 1. The molecule has 0 bridgehead atoms. The summed E-state index contributed by atoms with van der Waals surface area (Å²) in [7, 11) is 0. The third kappa shape index (κ3) is 2.09. The van der Waals surface area contributed by atoms with Crippen molar-refractivity contribution < 1.29 is 4.52 Å². The SMILES string of the molecule is CCC(C)c1noc(C)c1-c1ccc2ccccc2n1. The first-order valence-corrected chi connectivity index (χ1v) is 7.03. The zero-order chi connectivity index (χ0) is 14.1. The lowest BCUT2D eigenvalue weighted by Gasteiger charge is -2.08. The lowest BCUT2D eigenvalue weighted by atomic mass is 9.97. The summed E-state index contributed by atoms with van der Waals surface area (Å²) >= 11 is 0. The standard InChI is InChI=1S/C17H18N2O/c1-4-11(2)17-16(12(3)20-19-17)15-10-9-13-7-5-6-8-14(13)18-15/h5-11H,4H2,1-3H3. The molecule has 102 valence electrons. The van der Waals surface area contributed by atoms with Crippen LogP contribution in [-0.2, 0) is 0 Å². The molecule has 1 unspecified atom stereocenters. The fourth-order valence-corrected chi connectivity index (χ4v) is 2.44. The van der Waals surface area contributed by atoms with Gasteiger partial charge in [0.25, 0.3) is 0 Å². The van der Waals surface area contributed by atoms with Crippen LogP contribution in [0.3, 0.4) is 0 Å². The Bertz CT molecular complexity index is 746. The van der Waals surface area contributed by atoms with Crippen molar-refractivity contribution >= 4 is 10.9 Å². The molecule has 0 saturated carbocycles. The van der Waals surface area contributed by atoms with E-state index in [0.717, 1.165) is 40.0 Å². The second-order valence-corrected chi connectivity index (χ2v) is 5.20. The van der Waals surface area contributed by atoms with Gasteiger partial charge in [-0.2, -0.15) is 0 Å². The highest BCUT2D eigenvalue weighted by Gasteiger charge is 2.20. The average Bonchev–Trinajstić information content (AvgIpc) is 2.87. The van der Waals surface area contributed by atoms with E-state index in [9.17, 15) is 0 Å². The highest BCUT2D eigenvalue weighted by atomic mass is 16.5. The number of hydrogen-bond acceptors (Lipinski definition) is 3. The monoisotopic (exact) mass is 266 g/mol. The maximum Gasteiger partial charge on any atom is 0.143 e. The van der Waals surface area contributed by atoms with Crippen molar-refractivity contribution in [1.82, 2.24) is 10.1 Å². The minimum atomic E-state index is 0.371. The fraction of sp³-hybridized carbons (Fsp3) is 0.294. The van der Waals surface area contributed by atoms with Crippen LogP contribution in [0.4, 0.5) is 0 Å². The van der Waals surface area contributed by atoms with E-state index in [1.165, 1.54) is 0 Å². The number of aromatic nitrogens is 2. The van der Waals surface area contributed by atoms with Gasteiger partial charge >= 0.3 is 0 Å². The number of nitrogens with zero attached hydrogens (tertiary/aromatic N) is 2. The van der Waals surface area contributed by atoms with Crippen molar-refractivity contribution in [1.29, 1.82) is 0 Å². The molecule has 3 nitrogen and oxygen atoms in total. The lowest BCUT2D eigenvalue weighted by Crippen LogP contribution is -1.96. The third-order valence-electron chi connectivity index (χ3n) is 3.82. The summed E-state index contributed by atoms with van der Waals surface area (Å²) in [5.74, 6) is 1.21. The van der Waals surface area contributed by atoms with Crippen molar-refractivity contribution in [2.45, 2.75) is 33.1 Å². The number of para-hydroxylation sites is 1. The van der Waals surface area contributed by atoms with Crippen LogP contribution in [0.15, 0.2) is 40.9 Å². The molecule has 3 aromatic rings. The number of pyridine rings is 1. The molecule has 20 heavy (non-hydrogen) atoms. The van der Waals surface area contributed by atoms with E-state index in [4.69, 9.17) is 9.51 Å². The summed E-state index contributed by atoms with van der Waals surface area (Å²) in [5, 5.41) is 5.38. The van der Waals surface area contributed by atoms with Gasteiger partial charge in [0.2, 0.25) is 0 Å². The van der Waals surface area contributed by atoms with E-state index < -0.39 is 0 Å². The van der Waals surface area contributed by atoms with Crippen molar-refractivity contribution in [3.8, 4) is 11.3 Å². The van der Waals surface area contributed by atoms with Gasteiger partial charge in [-0.25, -0.2) is 4.98 Å². The minimum Gasteiger partial charge on any atom is -0.361 e. The number of hydrogen-bond donors (Lipinski definition) is 0. The Morgan fingerprint density at radius 2 is 1.95 bits per heavy atom. The molecule has 0 N–H and O–H groups in total. The third-order valence-corrected chi connectivity index (χ3v) is 3.82. The molecular weight excluding hydrogens is 248 g/mol. The van der Waals surface area contributed by atoms with Crippen molar-refractivity contribution in [3.05, 3.63) is 47.9 Å². The van der Waals surface area contributed by atoms with E-state index in [0.29, 0.717) is 5.92 Å². The second kappa shape index (κ2) is 5.08. The van der Waals surface area contributed by atoms with Gasteiger partial charge in [0.05, 0.1) is 22.5 Å². The van der Waals surface area contributed by atoms with Gasteiger partial charge in [-0.3, -0.25) is 0 Å². The zero-order valence-electron chi connectivity index (χ0n) is 12.1. The summed E-state index contributed by atoms with van der Waals surface area (Å²) < 4.78 is 5.40. The molecule has 0 aliphatic rings. The van der Waals surface area contributed by atoms with Crippen LogP contribution < -0.4 is 0 Å². The van der Waals surface area contributed by atoms with Gasteiger partial charge in [0, 0.05) is 11.3 Å². The Kier molecular flexibility index (Phi) is 3.26. The van der Waals surface area contributed by atoms with Crippen LogP contribution in [0.5, 0.6) is 0 Å². The van der Waals surface area contributed by atoms with Gasteiger partial charge in [0.15, 0.2) is 0 Å². The van der Waals surface area contributed by atoms with Gasteiger partial charge in [-0.1, -0.05) is 43.3 Å². The molecule has 3 rings (SSSR count). The van der Waals surface area contributed by atoms with Crippen LogP contribution in [0.2, 0.25) is 0 Å². The lowest BCUT2D eigenvalue weighted by molar-refractivity contribution is 0.386. The summed E-state index contributed by atoms with van der Waals surface area (Å²) in [6.07, 6.45) is 1.03. The molecule has 2 heterocycles. The average molecular weight is 266 g/mol. The van der Waals surface area contributed by atoms with Crippen LogP contribution in [-0.4, -0.2) is 10.1 Å². The number of aryl methyl sites for hydroxylation is 1. The second-order valence-electron chi connectivity index (χ2n) is 5.20. The van der Waals surface area contributed by atoms with E-state index >= 15 is 0 Å². The first kappa shape index (κ1) is 12.9. The Morgan fingerprint density at radius 1 is 1.15 bits per heavy atom. The maximum atomic E-state index is 5.40. The summed E-state index contributed by atoms with van der Waals surface area (Å²) in [6, 6.07) is 12.3. The Labute approximate surface area is 118 Å². The zero-order valence-corrected chi connectivity index (χ0v) is 12.1. The first-order valence-electron chi connectivity index (χ1n) is 7.03. The Morgan fingerprint density at radius 3 is 2.75 bits per heavy atom. The fourth-order valence-electron chi connectivity index (χ4n) is 2.44. The van der Waals surface area contributed by atoms with E-state index in [1.807, 2.05) is 31.2 Å². The molecule has 0 amide bonds. The first-order chi connectivity index (χ1) is 9.70. The van der Waals surface area contributed by atoms with Crippen molar-refractivity contribution in [3.63, 3.8) is 0 Å². The number of rotatable bonds is 3. The predicted octanol–water partition coefficient (Wildman–Crippen LogP) is 4.71. The molecule has 1 atom stereocenters. The molecule has 3 heteroatoms. The predicted molar refractivity (Wildman–Crippen MR) is 80.7 cm³/mol. The molecule has 0 aliphatic carbocycles. The summed E-state index contributed by atoms with van der Waals surface area (Å²) in [5.41, 5.74) is 4.00. The summed E-state index contributed by atoms with van der Waals surface area (Å²) in [4.78, 5) is 4.76. The number of benzene rings is 1. The highest BCUT2D eigenvalue weighted by Crippen LogP contribution is 2.32. The van der Waals surface area contributed by atoms with E-state index in [2.05, 4.69) is 31.1 Å². The molecule has 0 spiro atoms. The van der Waals surface area contributed by atoms with E-state index in [1.54, 1.807) is 0 Å². The molecule has 0 radical (unpaired) electrons. The van der Waals surface area contributed by atoms with E-state index in [-0.39, 0.29) is 0 Å². The van der Waals surface area contributed by atoms with Crippen LogP contribution >= 0.6 is 0 Å². The molecular formula is C17H18N2O. The van der Waals surface area contributed by atoms with Gasteiger partial charge in [0.1, 0.15) is 5.76 Å². The smallest absolute Gasteiger partial charge is 0.143 e. The van der Waals surface area contributed by atoms with Crippen LogP contribution in [0, 0.1) is 6.92 Å². The Balaban J connectivity index is 2.17. The highest BCUT2D eigenvalue weighted by molar-refractivity contribution is 5.82. The Hall–Kier alpha value is -2.16. The van der Waals surface area contributed by atoms with Crippen LogP contribution in [0.1, 0.15) is 37.6 Å². The van der Waals surface area contributed by atoms with Crippen molar-refractivity contribution in [2.75, 3.05) is 0 Å². The van der Waals surface area contributed by atoms with Gasteiger partial charge < -0.3 is 4.52 Å². The normalized spacial score (nSPS) is 12.8. The van der Waals surface area contributed by atoms with Gasteiger partial charge in [-0.15, -0.1) is 0 Å². The molecule has 1 aromatic carbocycles. The largest absolute Gasteiger partial charge is 0.361 e. The van der Waals surface area contributed by atoms with Crippen LogP contribution in [0.25, 0.3) is 22.2 Å². The topological polar surface area (TPSA) is 38.9 Å².